The van der Waals surface area contributed by atoms with Gasteiger partial charge in [-0.05, 0) is 93.6 Å². The Bertz CT molecular complexity index is 785. The van der Waals surface area contributed by atoms with Crippen molar-refractivity contribution in [2.75, 3.05) is 0 Å². The third kappa shape index (κ3) is 7.66. The molecule has 2 fully saturated rings. The van der Waals surface area contributed by atoms with Gasteiger partial charge in [-0.1, -0.05) is 55.8 Å². The van der Waals surface area contributed by atoms with E-state index in [0.29, 0.717) is 5.92 Å². The maximum absolute atomic E-state index is 12.7. The molecule has 0 heterocycles. The predicted molar refractivity (Wildman–Crippen MR) is 130 cm³/mol. The van der Waals surface area contributed by atoms with Crippen molar-refractivity contribution >= 4 is 5.97 Å². The number of carbonyl (C=O) groups excluding carboxylic acids is 1. The van der Waals surface area contributed by atoms with E-state index in [4.69, 9.17) is 10.00 Å². The standard InChI is InChI=1S/C29H39NO2/c1-2-8-23-10-14-25(15-11-23)26-16-18-27(19-17-26)29(31)32-28-20-12-24(13-21-28)9-6-4-3-5-7-22-30/h3-5,7,10-11,14-15,24,26-28H,2,6,8-9,12-13,16-21H2,1H3/b4-3+,7-5?. The van der Waals surface area contributed by atoms with Crippen molar-refractivity contribution in [1.82, 2.24) is 0 Å². The van der Waals surface area contributed by atoms with Crippen LogP contribution in [0, 0.1) is 23.2 Å². The van der Waals surface area contributed by atoms with Crippen LogP contribution in [0.4, 0.5) is 0 Å². The van der Waals surface area contributed by atoms with Gasteiger partial charge in [-0.15, -0.1) is 0 Å². The van der Waals surface area contributed by atoms with Crippen molar-refractivity contribution in [3.8, 4) is 6.07 Å². The zero-order chi connectivity index (χ0) is 22.6. The highest BCUT2D eigenvalue weighted by molar-refractivity contribution is 5.72. The number of aryl methyl sites for hydroxylation is 1. The zero-order valence-corrected chi connectivity index (χ0v) is 19.7. The van der Waals surface area contributed by atoms with E-state index in [1.165, 1.54) is 30.0 Å². The van der Waals surface area contributed by atoms with Gasteiger partial charge >= 0.3 is 5.97 Å². The number of hydrogen-bond acceptors (Lipinski definition) is 3. The van der Waals surface area contributed by atoms with Gasteiger partial charge in [0.05, 0.1) is 12.0 Å². The normalized spacial score (nSPS) is 26.2. The lowest BCUT2D eigenvalue weighted by molar-refractivity contribution is -0.157. The van der Waals surface area contributed by atoms with Crippen LogP contribution in [-0.4, -0.2) is 12.1 Å². The summed E-state index contributed by atoms with van der Waals surface area (Å²) in [5.74, 6) is 1.47. The first-order chi connectivity index (χ1) is 15.7. The number of nitrogens with zero attached hydrogens (tertiary/aromatic N) is 1. The van der Waals surface area contributed by atoms with Crippen molar-refractivity contribution in [2.24, 2.45) is 11.8 Å². The van der Waals surface area contributed by atoms with E-state index in [-0.39, 0.29) is 18.0 Å². The molecule has 0 amide bonds. The molecule has 0 aromatic heterocycles. The van der Waals surface area contributed by atoms with Gasteiger partial charge in [0.2, 0.25) is 0 Å². The first kappa shape index (κ1) is 24.3. The average molecular weight is 434 g/mol. The second kappa shape index (κ2) is 13.3. The Morgan fingerprint density at radius 2 is 1.75 bits per heavy atom. The molecule has 172 valence electrons. The van der Waals surface area contributed by atoms with E-state index in [1.807, 2.05) is 12.1 Å². The number of nitriles is 1. The molecule has 2 aliphatic rings. The van der Waals surface area contributed by atoms with Gasteiger partial charge in [-0.2, -0.15) is 5.26 Å². The molecule has 0 N–H and O–H groups in total. The van der Waals surface area contributed by atoms with Crippen LogP contribution in [0.1, 0.15) is 94.6 Å². The fourth-order valence-corrected chi connectivity index (χ4v) is 5.31. The van der Waals surface area contributed by atoms with Crippen molar-refractivity contribution in [1.29, 1.82) is 5.26 Å². The van der Waals surface area contributed by atoms with E-state index in [1.54, 1.807) is 6.08 Å². The number of allylic oxidation sites excluding steroid dienone is 4. The fourth-order valence-electron chi connectivity index (χ4n) is 5.31. The van der Waals surface area contributed by atoms with Crippen LogP contribution in [0.15, 0.2) is 48.6 Å². The Morgan fingerprint density at radius 1 is 1.03 bits per heavy atom. The first-order valence-corrected chi connectivity index (χ1v) is 12.7. The Labute approximate surface area is 194 Å². The molecule has 2 saturated carbocycles. The van der Waals surface area contributed by atoms with E-state index in [2.05, 4.69) is 37.3 Å². The summed E-state index contributed by atoms with van der Waals surface area (Å²) >= 11 is 0. The number of benzene rings is 1. The Morgan fingerprint density at radius 3 is 2.41 bits per heavy atom. The van der Waals surface area contributed by atoms with Crippen molar-refractivity contribution in [3.05, 3.63) is 59.7 Å². The molecular weight excluding hydrogens is 394 g/mol. The molecule has 0 unspecified atom stereocenters. The summed E-state index contributed by atoms with van der Waals surface area (Å²) in [6.07, 6.45) is 20.5. The maximum Gasteiger partial charge on any atom is 0.309 e. The minimum Gasteiger partial charge on any atom is -0.462 e. The number of rotatable bonds is 9. The monoisotopic (exact) mass is 433 g/mol. The number of ether oxygens (including phenoxy) is 1. The third-order valence-corrected chi connectivity index (χ3v) is 7.29. The van der Waals surface area contributed by atoms with Gasteiger partial charge in [0.1, 0.15) is 6.10 Å². The van der Waals surface area contributed by atoms with Crippen LogP contribution < -0.4 is 0 Å². The summed E-state index contributed by atoms with van der Waals surface area (Å²) in [4.78, 5) is 12.7. The minimum atomic E-state index is 0.0532. The highest BCUT2D eigenvalue weighted by Crippen LogP contribution is 2.37. The molecule has 0 bridgehead atoms. The fraction of sp³-hybridized carbons (Fsp3) is 0.586. The first-order valence-electron chi connectivity index (χ1n) is 12.7. The van der Waals surface area contributed by atoms with Gasteiger partial charge in [-0.3, -0.25) is 4.79 Å². The molecule has 0 radical (unpaired) electrons. The third-order valence-electron chi connectivity index (χ3n) is 7.29. The lowest BCUT2D eigenvalue weighted by Gasteiger charge is -2.31. The van der Waals surface area contributed by atoms with Gasteiger partial charge in [0.15, 0.2) is 0 Å². The molecule has 0 aliphatic heterocycles. The largest absolute Gasteiger partial charge is 0.462 e. The highest BCUT2D eigenvalue weighted by atomic mass is 16.5. The quantitative estimate of drug-likeness (QED) is 0.231. The van der Waals surface area contributed by atoms with E-state index in [0.717, 1.165) is 70.1 Å². The SMILES string of the molecule is CCCc1ccc(C2CCC(C(=O)OC3CCC(CC/C=C/C=CC#N)CC3)CC2)cc1. The van der Waals surface area contributed by atoms with Gasteiger partial charge in [0.25, 0.3) is 0 Å². The smallest absolute Gasteiger partial charge is 0.309 e. The summed E-state index contributed by atoms with van der Waals surface area (Å²) in [6.45, 7) is 2.22. The van der Waals surface area contributed by atoms with Crippen LogP contribution in [0.25, 0.3) is 0 Å². The van der Waals surface area contributed by atoms with E-state index in [9.17, 15) is 4.79 Å². The lowest BCUT2D eigenvalue weighted by Crippen LogP contribution is -2.29. The van der Waals surface area contributed by atoms with Gasteiger partial charge in [-0.25, -0.2) is 0 Å². The number of carbonyl (C=O) groups is 1. The molecule has 0 saturated heterocycles. The Kier molecular flexibility index (Phi) is 10.1. The van der Waals surface area contributed by atoms with E-state index < -0.39 is 0 Å². The molecule has 3 nitrogen and oxygen atoms in total. The Hall–Kier alpha value is -2.34. The molecule has 3 heteroatoms. The minimum absolute atomic E-state index is 0.0532. The predicted octanol–water partition coefficient (Wildman–Crippen LogP) is 7.43. The van der Waals surface area contributed by atoms with Crippen LogP contribution in [0.5, 0.6) is 0 Å². The van der Waals surface area contributed by atoms with Gasteiger partial charge < -0.3 is 4.74 Å². The van der Waals surface area contributed by atoms with Crippen LogP contribution in [-0.2, 0) is 16.0 Å². The highest BCUT2D eigenvalue weighted by Gasteiger charge is 2.31. The van der Waals surface area contributed by atoms with E-state index >= 15 is 0 Å². The van der Waals surface area contributed by atoms with Crippen molar-refractivity contribution in [2.45, 2.75) is 96.0 Å². The molecule has 1 aromatic rings. The molecule has 0 spiro atoms. The second-order valence-electron chi connectivity index (χ2n) is 9.61. The summed E-state index contributed by atoms with van der Waals surface area (Å²) in [5, 5.41) is 8.47. The summed E-state index contributed by atoms with van der Waals surface area (Å²) < 4.78 is 5.94. The zero-order valence-electron chi connectivity index (χ0n) is 19.7. The summed E-state index contributed by atoms with van der Waals surface area (Å²) in [6, 6.07) is 11.1. The molecule has 1 aromatic carbocycles. The van der Waals surface area contributed by atoms with Crippen LogP contribution >= 0.6 is 0 Å². The molecule has 0 atom stereocenters. The molecular formula is C29H39NO2. The van der Waals surface area contributed by atoms with Gasteiger partial charge in [0, 0.05) is 6.08 Å². The number of hydrogen-bond donors (Lipinski definition) is 0. The summed E-state index contributed by atoms with van der Waals surface area (Å²) in [5.41, 5.74) is 2.86. The molecule has 2 aliphatic carbocycles. The molecule has 32 heavy (non-hydrogen) atoms. The van der Waals surface area contributed by atoms with Crippen LogP contribution in [0.2, 0.25) is 0 Å². The topological polar surface area (TPSA) is 50.1 Å². The Balaban J connectivity index is 1.33. The van der Waals surface area contributed by atoms with Crippen LogP contribution in [0.3, 0.4) is 0 Å². The molecule has 3 rings (SSSR count). The number of esters is 1. The van der Waals surface area contributed by atoms with Crippen molar-refractivity contribution in [3.63, 3.8) is 0 Å². The summed E-state index contributed by atoms with van der Waals surface area (Å²) in [7, 11) is 0. The lowest BCUT2D eigenvalue weighted by atomic mass is 9.78. The van der Waals surface area contributed by atoms with Crippen molar-refractivity contribution < 1.29 is 9.53 Å². The average Bonchev–Trinajstić information content (AvgIpc) is 2.83. The maximum atomic E-state index is 12.7. The second-order valence-corrected chi connectivity index (χ2v) is 9.61.